The molecule has 0 unspecified atom stereocenters. The van der Waals surface area contributed by atoms with Crippen LogP contribution in [0.25, 0.3) is 0 Å². The first-order chi connectivity index (χ1) is 20.0. The van der Waals surface area contributed by atoms with Crippen molar-refractivity contribution in [2.75, 3.05) is 13.1 Å². The van der Waals surface area contributed by atoms with Crippen LogP contribution in [0.4, 0.5) is 0 Å². The molecule has 0 saturated heterocycles. The normalized spacial score (nSPS) is 12.5. The molecule has 0 saturated carbocycles. The standard InChI is InChI=1S/C39H77NO/c1-5-7-9-11-13-15-17-19-21-23-25-27-29-31-33-35-37-40(39(3,4)41)38-36-34-32-30-28-26-24-22-20-18-16-14-12-10-8-6-2/h19-22,41H,5-18,23-38H2,1-4H3/b21-19-,22-20-. The summed E-state index contributed by atoms with van der Waals surface area (Å²) in [5.41, 5.74) is -0.691. The highest BCUT2D eigenvalue weighted by atomic mass is 16.3. The third kappa shape index (κ3) is 32.2. The molecular formula is C39H77NO. The van der Waals surface area contributed by atoms with Crippen molar-refractivity contribution < 1.29 is 5.11 Å². The van der Waals surface area contributed by atoms with Gasteiger partial charge in [-0.3, -0.25) is 4.90 Å². The summed E-state index contributed by atoms with van der Waals surface area (Å²) in [5.74, 6) is 0. The van der Waals surface area contributed by atoms with Crippen LogP contribution in [0.15, 0.2) is 24.3 Å². The van der Waals surface area contributed by atoms with E-state index in [1.165, 1.54) is 180 Å². The highest BCUT2D eigenvalue weighted by Crippen LogP contribution is 2.16. The van der Waals surface area contributed by atoms with Crippen LogP contribution in [0.1, 0.15) is 207 Å². The molecule has 0 spiro atoms. The number of unbranched alkanes of at least 4 members (excludes halogenated alkanes) is 24. The molecule has 0 aromatic carbocycles. The van der Waals surface area contributed by atoms with Gasteiger partial charge >= 0.3 is 0 Å². The molecule has 0 aliphatic carbocycles. The molecule has 2 heteroatoms. The minimum atomic E-state index is -0.691. The molecule has 41 heavy (non-hydrogen) atoms. The second-order valence-corrected chi connectivity index (χ2v) is 13.4. The smallest absolute Gasteiger partial charge is 0.112 e. The Morgan fingerprint density at radius 3 is 0.902 bits per heavy atom. The summed E-state index contributed by atoms with van der Waals surface area (Å²) in [6.07, 6.45) is 47.4. The quantitative estimate of drug-likeness (QED) is 0.0478. The van der Waals surface area contributed by atoms with Crippen LogP contribution < -0.4 is 0 Å². The van der Waals surface area contributed by atoms with Gasteiger partial charge in [0.15, 0.2) is 0 Å². The average molecular weight is 576 g/mol. The van der Waals surface area contributed by atoms with E-state index in [4.69, 9.17) is 0 Å². The minimum absolute atomic E-state index is 0.691. The van der Waals surface area contributed by atoms with Gasteiger partial charge in [0.25, 0.3) is 0 Å². The van der Waals surface area contributed by atoms with Crippen LogP contribution >= 0.6 is 0 Å². The molecule has 0 heterocycles. The Labute approximate surface area is 260 Å². The van der Waals surface area contributed by atoms with E-state index >= 15 is 0 Å². The lowest BCUT2D eigenvalue weighted by Crippen LogP contribution is -2.44. The van der Waals surface area contributed by atoms with Gasteiger partial charge in [-0.2, -0.15) is 0 Å². The lowest BCUT2D eigenvalue weighted by atomic mass is 10.1. The molecule has 0 fully saturated rings. The summed E-state index contributed by atoms with van der Waals surface area (Å²) in [4.78, 5) is 2.32. The SMILES string of the molecule is CCCCCCCC/C=C\CCCCCCCCN(CCCCCCCC/C=C\CCCCCCCC)C(C)(C)O. The predicted octanol–water partition coefficient (Wildman–Crippen LogP) is 13.1. The molecule has 1 N–H and O–H groups in total. The summed E-state index contributed by atoms with van der Waals surface area (Å²) in [6.45, 7) is 10.6. The van der Waals surface area contributed by atoms with Crippen molar-refractivity contribution in [2.45, 2.75) is 213 Å². The molecule has 0 bridgehead atoms. The highest BCUT2D eigenvalue weighted by Gasteiger charge is 2.22. The maximum absolute atomic E-state index is 10.6. The molecule has 0 aromatic rings. The van der Waals surface area contributed by atoms with E-state index in [2.05, 4.69) is 43.1 Å². The van der Waals surface area contributed by atoms with Gasteiger partial charge in [0.1, 0.15) is 5.72 Å². The van der Waals surface area contributed by atoms with Crippen molar-refractivity contribution in [2.24, 2.45) is 0 Å². The Hall–Kier alpha value is -0.600. The first kappa shape index (κ1) is 40.4. The van der Waals surface area contributed by atoms with Crippen molar-refractivity contribution in [3.8, 4) is 0 Å². The summed E-state index contributed by atoms with van der Waals surface area (Å²) in [5, 5.41) is 10.6. The Kier molecular flexibility index (Phi) is 31.8. The van der Waals surface area contributed by atoms with Crippen molar-refractivity contribution in [3.63, 3.8) is 0 Å². The topological polar surface area (TPSA) is 23.5 Å². The summed E-state index contributed by atoms with van der Waals surface area (Å²) >= 11 is 0. The van der Waals surface area contributed by atoms with Crippen LogP contribution in [0, 0.1) is 0 Å². The number of hydrogen-bond acceptors (Lipinski definition) is 2. The Balaban J connectivity index is 3.59. The van der Waals surface area contributed by atoms with E-state index in [1.807, 2.05) is 13.8 Å². The van der Waals surface area contributed by atoms with Crippen LogP contribution in [0.2, 0.25) is 0 Å². The second kappa shape index (κ2) is 32.3. The zero-order valence-corrected chi connectivity index (χ0v) is 28.9. The van der Waals surface area contributed by atoms with Crippen LogP contribution in [-0.2, 0) is 0 Å². The number of allylic oxidation sites excluding steroid dienone is 4. The zero-order chi connectivity index (χ0) is 30.1. The Morgan fingerprint density at radius 1 is 0.390 bits per heavy atom. The fraction of sp³-hybridized carbons (Fsp3) is 0.897. The molecule has 244 valence electrons. The zero-order valence-electron chi connectivity index (χ0n) is 28.9. The highest BCUT2D eigenvalue weighted by molar-refractivity contribution is 4.82. The first-order valence-electron chi connectivity index (χ1n) is 18.8. The molecule has 0 radical (unpaired) electrons. The van der Waals surface area contributed by atoms with E-state index in [0.717, 1.165) is 13.1 Å². The summed E-state index contributed by atoms with van der Waals surface area (Å²) < 4.78 is 0. The van der Waals surface area contributed by atoms with Gasteiger partial charge in [-0.1, -0.05) is 154 Å². The van der Waals surface area contributed by atoms with Crippen molar-refractivity contribution in [3.05, 3.63) is 24.3 Å². The lowest BCUT2D eigenvalue weighted by Gasteiger charge is -2.34. The fourth-order valence-corrected chi connectivity index (χ4v) is 5.76. The maximum Gasteiger partial charge on any atom is 0.112 e. The van der Waals surface area contributed by atoms with Crippen LogP contribution in [-0.4, -0.2) is 28.8 Å². The lowest BCUT2D eigenvalue weighted by molar-refractivity contribution is -0.0795. The molecule has 0 aliphatic rings. The van der Waals surface area contributed by atoms with Gasteiger partial charge in [-0.15, -0.1) is 0 Å². The van der Waals surface area contributed by atoms with Gasteiger partial charge in [0, 0.05) is 13.1 Å². The van der Waals surface area contributed by atoms with E-state index in [-0.39, 0.29) is 0 Å². The first-order valence-corrected chi connectivity index (χ1v) is 18.8. The monoisotopic (exact) mass is 576 g/mol. The number of rotatable bonds is 33. The Morgan fingerprint density at radius 2 is 0.634 bits per heavy atom. The van der Waals surface area contributed by atoms with Crippen molar-refractivity contribution in [1.82, 2.24) is 4.90 Å². The van der Waals surface area contributed by atoms with Crippen LogP contribution in [0.3, 0.4) is 0 Å². The third-order valence-corrected chi connectivity index (χ3v) is 8.65. The number of hydrogen-bond donors (Lipinski definition) is 1. The van der Waals surface area contributed by atoms with Gasteiger partial charge in [0.05, 0.1) is 0 Å². The summed E-state index contributed by atoms with van der Waals surface area (Å²) in [6, 6.07) is 0. The van der Waals surface area contributed by atoms with Gasteiger partial charge in [0.2, 0.25) is 0 Å². The van der Waals surface area contributed by atoms with E-state index in [0.29, 0.717) is 0 Å². The largest absolute Gasteiger partial charge is 0.376 e. The molecule has 0 aliphatic heterocycles. The predicted molar refractivity (Wildman–Crippen MR) is 187 cm³/mol. The van der Waals surface area contributed by atoms with Crippen molar-refractivity contribution in [1.29, 1.82) is 0 Å². The number of aliphatic hydroxyl groups is 1. The van der Waals surface area contributed by atoms with Gasteiger partial charge < -0.3 is 5.11 Å². The molecule has 0 atom stereocenters. The van der Waals surface area contributed by atoms with Crippen molar-refractivity contribution >= 4 is 0 Å². The molecule has 0 rings (SSSR count). The van der Waals surface area contributed by atoms with E-state index < -0.39 is 5.72 Å². The maximum atomic E-state index is 10.6. The Bertz CT molecular complexity index is 504. The van der Waals surface area contributed by atoms with Gasteiger partial charge in [-0.05, 0) is 78.1 Å². The fourth-order valence-electron chi connectivity index (χ4n) is 5.76. The van der Waals surface area contributed by atoms with Crippen LogP contribution in [0.5, 0.6) is 0 Å². The van der Waals surface area contributed by atoms with Gasteiger partial charge in [-0.25, -0.2) is 0 Å². The molecule has 0 amide bonds. The summed E-state index contributed by atoms with van der Waals surface area (Å²) in [7, 11) is 0. The average Bonchev–Trinajstić information content (AvgIpc) is 2.95. The minimum Gasteiger partial charge on any atom is -0.376 e. The number of nitrogens with zero attached hydrogens (tertiary/aromatic N) is 1. The second-order valence-electron chi connectivity index (χ2n) is 13.4. The molecular weight excluding hydrogens is 498 g/mol. The molecule has 2 nitrogen and oxygen atoms in total. The third-order valence-electron chi connectivity index (χ3n) is 8.65. The molecule has 0 aromatic heterocycles. The van der Waals surface area contributed by atoms with E-state index in [1.54, 1.807) is 0 Å². The van der Waals surface area contributed by atoms with E-state index in [9.17, 15) is 5.11 Å².